The Balaban J connectivity index is 2.47. The third-order valence-electron chi connectivity index (χ3n) is 2.37. The second-order valence-corrected chi connectivity index (χ2v) is 3.77. The molecule has 1 aromatic rings. The largest absolute Gasteiger partial charge is 0.370 e. The number of carbonyl (C=O) groups excluding carboxylic acids is 1. The molecule has 0 heterocycles. The van der Waals surface area contributed by atoms with Crippen LogP contribution in [0.25, 0.3) is 0 Å². The fourth-order valence-corrected chi connectivity index (χ4v) is 1.56. The zero-order valence-corrected chi connectivity index (χ0v) is 9.43. The van der Waals surface area contributed by atoms with Crippen molar-refractivity contribution in [3.63, 3.8) is 0 Å². The minimum absolute atomic E-state index is 0.268. The first-order chi connectivity index (χ1) is 7.72. The number of hydrogen-bond acceptors (Lipinski definition) is 3. The monoisotopic (exact) mass is 221 g/mol. The third-order valence-corrected chi connectivity index (χ3v) is 2.37. The Kier molecular flexibility index (Phi) is 5.53. The highest BCUT2D eigenvalue weighted by Crippen LogP contribution is 2.04. The first-order valence-corrected chi connectivity index (χ1v) is 5.47. The number of hydrogen-bond donors (Lipinski definition) is 2. The van der Waals surface area contributed by atoms with E-state index in [1.54, 1.807) is 0 Å². The Hall–Kier alpha value is -1.39. The first-order valence-electron chi connectivity index (χ1n) is 5.47. The SMILES string of the molecule is NCCN(CCC(N)=O)Cc1ccccc1. The van der Waals surface area contributed by atoms with Gasteiger partial charge in [0.15, 0.2) is 0 Å². The topological polar surface area (TPSA) is 72.3 Å². The number of rotatable bonds is 7. The van der Waals surface area contributed by atoms with Gasteiger partial charge in [0.05, 0.1) is 0 Å². The molecule has 0 aliphatic rings. The summed E-state index contributed by atoms with van der Waals surface area (Å²) in [5.74, 6) is -0.268. The van der Waals surface area contributed by atoms with Gasteiger partial charge in [-0.05, 0) is 5.56 Å². The van der Waals surface area contributed by atoms with E-state index in [9.17, 15) is 4.79 Å². The van der Waals surface area contributed by atoms with Crippen LogP contribution in [0, 0.1) is 0 Å². The van der Waals surface area contributed by atoms with Gasteiger partial charge >= 0.3 is 0 Å². The lowest BCUT2D eigenvalue weighted by Gasteiger charge is -2.20. The minimum Gasteiger partial charge on any atom is -0.370 e. The Morgan fingerprint density at radius 2 is 1.88 bits per heavy atom. The summed E-state index contributed by atoms with van der Waals surface area (Å²) in [4.78, 5) is 12.9. The Bertz CT molecular complexity index is 313. The number of nitrogens with two attached hydrogens (primary N) is 2. The van der Waals surface area contributed by atoms with Crippen LogP contribution in [0.5, 0.6) is 0 Å². The molecule has 4 nitrogen and oxygen atoms in total. The molecule has 0 saturated heterocycles. The standard InChI is InChI=1S/C12H19N3O/c13-7-9-15(8-6-12(14)16)10-11-4-2-1-3-5-11/h1-5H,6-10,13H2,(H2,14,16). The number of benzene rings is 1. The number of carbonyl (C=O) groups is 1. The fourth-order valence-electron chi connectivity index (χ4n) is 1.56. The summed E-state index contributed by atoms with van der Waals surface area (Å²) in [5.41, 5.74) is 11.9. The van der Waals surface area contributed by atoms with Crippen LogP contribution in [0.4, 0.5) is 0 Å². The van der Waals surface area contributed by atoms with Crippen molar-refractivity contribution in [1.29, 1.82) is 0 Å². The van der Waals surface area contributed by atoms with Crippen molar-refractivity contribution in [1.82, 2.24) is 4.90 Å². The molecule has 0 unspecified atom stereocenters. The predicted molar refractivity (Wildman–Crippen MR) is 64.6 cm³/mol. The zero-order chi connectivity index (χ0) is 11.8. The lowest BCUT2D eigenvalue weighted by atomic mass is 10.2. The molecule has 1 amide bonds. The van der Waals surface area contributed by atoms with Gasteiger partial charge in [0.25, 0.3) is 0 Å². The maximum absolute atomic E-state index is 10.7. The van der Waals surface area contributed by atoms with Crippen LogP contribution in [-0.4, -0.2) is 30.4 Å². The van der Waals surface area contributed by atoms with Gasteiger partial charge in [-0.1, -0.05) is 30.3 Å². The van der Waals surface area contributed by atoms with E-state index >= 15 is 0 Å². The molecule has 0 aliphatic heterocycles. The molecule has 0 radical (unpaired) electrons. The maximum Gasteiger partial charge on any atom is 0.218 e. The van der Waals surface area contributed by atoms with Crippen LogP contribution < -0.4 is 11.5 Å². The van der Waals surface area contributed by atoms with E-state index in [4.69, 9.17) is 11.5 Å². The smallest absolute Gasteiger partial charge is 0.218 e. The highest BCUT2D eigenvalue weighted by molar-refractivity contribution is 5.73. The summed E-state index contributed by atoms with van der Waals surface area (Å²) in [6, 6.07) is 10.1. The van der Waals surface area contributed by atoms with Crippen LogP contribution in [-0.2, 0) is 11.3 Å². The average molecular weight is 221 g/mol. The zero-order valence-electron chi connectivity index (χ0n) is 9.43. The fraction of sp³-hybridized carbons (Fsp3) is 0.417. The van der Waals surface area contributed by atoms with Gasteiger partial charge in [0.2, 0.25) is 5.91 Å². The van der Waals surface area contributed by atoms with Gasteiger partial charge in [0, 0.05) is 32.6 Å². The van der Waals surface area contributed by atoms with Gasteiger partial charge in [-0.15, -0.1) is 0 Å². The lowest BCUT2D eigenvalue weighted by molar-refractivity contribution is -0.118. The van der Waals surface area contributed by atoms with Crippen molar-refractivity contribution < 1.29 is 4.79 Å². The van der Waals surface area contributed by atoms with E-state index in [2.05, 4.69) is 17.0 Å². The minimum atomic E-state index is -0.268. The number of amides is 1. The van der Waals surface area contributed by atoms with E-state index in [-0.39, 0.29) is 5.91 Å². The third kappa shape index (κ3) is 4.91. The highest BCUT2D eigenvalue weighted by Gasteiger charge is 2.06. The van der Waals surface area contributed by atoms with Gasteiger partial charge in [-0.25, -0.2) is 0 Å². The van der Waals surface area contributed by atoms with E-state index in [1.807, 2.05) is 18.2 Å². The van der Waals surface area contributed by atoms with E-state index in [0.29, 0.717) is 19.5 Å². The Morgan fingerprint density at radius 1 is 1.19 bits per heavy atom. The van der Waals surface area contributed by atoms with Gasteiger partial charge in [0.1, 0.15) is 0 Å². The molecule has 88 valence electrons. The van der Waals surface area contributed by atoms with Crippen molar-refractivity contribution >= 4 is 5.91 Å². The van der Waals surface area contributed by atoms with Crippen LogP contribution in [0.1, 0.15) is 12.0 Å². The van der Waals surface area contributed by atoms with Crippen LogP contribution in [0.3, 0.4) is 0 Å². The molecular weight excluding hydrogens is 202 g/mol. The molecule has 0 bridgehead atoms. The molecule has 0 fully saturated rings. The molecule has 1 rings (SSSR count). The molecule has 1 aromatic carbocycles. The number of primary amides is 1. The summed E-state index contributed by atoms with van der Waals surface area (Å²) in [6.07, 6.45) is 0.382. The van der Waals surface area contributed by atoms with Crippen molar-refractivity contribution in [2.75, 3.05) is 19.6 Å². The predicted octanol–water partition coefficient (Wildman–Crippen LogP) is 0.323. The van der Waals surface area contributed by atoms with Crippen LogP contribution in [0.2, 0.25) is 0 Å². The average Bonchev–Trinajstić information content (AvgIpc) is 2.27. The van der Waals surface area contributed by atoms with Crippen molar-refractivity contribution in [3.05, 3.63) is 35.9 Å². The molecule has 0 aliphatic carbocycles. The second kappa shape index (κ2) is 6.98. The Morgan fingerprint density at radius 3 is 2.44 bits per heavy atom. The molecular formula is C12H19N3O. The van der Waals surface area contributed by atoms with E-state index in [1.165, 1.54) is 5.56 Å². The molecule has 0 atom stereocenters. The second-order valence-electron chi connectivity index (χ2n) is 3.77. The lowest BCUT2D eigenvalue weighted by Crippen LogP contribution is -2.32. The highest BCUT2D eigenvalue weighted by atomic mass is 16.1. The molecule has 4 N–H and O–H groups in total. The normalized spacial score (nSPS) is 10.6. The van der Waals surface area contributed by atoms with Gasteiger partial charge in [-0.3, -0.25) is 9.69 Å². The molecule has 4 heteroatoms. The molecule has 0 spiro atoms. The maximum atomic E-state index is 10.7. The molecule has 16 heavy (non-hydrogen) atoms. The summed E-state index contributed by atoms with van der Waals surface area (Å²) in [7, 11) is 0. The quantitative estimate of drug-likeness (QED) is 0.696. The summed E-state index contributed by atoms with van der Waals surface area (Å²) < 4.78 is 0. The molecule has 0 saturated carbocycles. The first kappa shape index (κ1) is 12.7. The van der Waals surface area contributed by atoms with Crippen LogP contribution >= 0.6 is 0 Å². The summed E-state index contributed by atoms with van der Waals surface area (Å²) >= 11 is 0. The summed E-state index contributed by atoms with van der Waals surface area (Å²) in [5, 5.41) is 0. The van der Waals surface area contributed by atoms with E-state index < -0.39 is 0 Å². The van der Waals surface area contributed by atoms with Crippen molar-refractivity contribution in [2.45, 2.75) is 13.0 Å². The van der Waals surface area contributed by atoms with Crippen molar-refractivity contribution in [3.8, 4) is 0 Å². The van der Waals surface area contributed by atoms with Gasteiger partial charge < -0.3 is 11.5 Å². The van der Waals surface area contributed by atoms with Crippen LogP contribution in [0.15, 0.2) is 30.3 Å². The van der Waals surface area contributed by atoms with E-state index in [0.717, 1.165) is 13.1 Å². The molecule has 0 aromatic heterocycles. The Labute approximate surface area is 96.2 Å². The van der Waals surface area contributed by atoms with Crippen molar-refractivity contribution in [2.24, 2.45) is 11.5 Å². The number of nitrogens with zero attached hydrogens (tertiary/aromatic N) is 1. The summed E-state index contributed by atoms with van der Waals surface area (Å²) in [6.45, 7) is 2.85. The van der Waals surface area contributed by atoms with Gasteiger partial charge in [-0.2, -0.15) is 0 Å².